The molecule has 0 bridgehead atoms. The Hall–Kier alpha value is -1.70. The van der Waals surface area contributed by atoms with Gasteiger partial charge in [-0.2, -0.15) is 0 Å². The summed E-state index contributed by atoms with van der Waals surface area (Å²) in [6.07, 6.45) is 5.54. The summed E-state index contributed by atoms with van der Waals surface area (Å²) in [7, 11) is 0. The second kappa shape index (κ2) is 6.72. The molecule has 3 N–H and O–H groups in total. The molecule has 0 radical (unpaired) electrons. The topological polar surface area (TPSA) is 78.4 Å². The summed E-state index contributed by atoms with van der Waals surface area (Å²) >= 11 is 0. The molecule has 0 aromatic rings. The van der Waals surface area contributed by atoms with Crippen LogP contribution in [0.5, 0.6) is 0 Å². The lowest BCUT2D eigenvalue weighted by Crippen LogP contribution is -2.47. The highest BCUT2D eigenvalue weighted by Gasteiger charge is 2.21. The summed E-state index contributed by atoms with van der Waals surface area (Å²) in [5, 5.41) is 13.9. The van der Waals surface area contributed by atoms with Crippen molar-refractivity contribution in [1.29, 1.82) is 0 Å². The molecule has 0 aromatic carbocycles. The zero-order chi connectivity index (χ0) is 12.7. The van der Waals surface area contributed by atoms with E-state index in [1.165, 1.54) is 6.92 Å². The predicted octanol–water partition coefficient (Wildman–Crippen LogP) is 0.807. The van der Waals surface area contributed by atoms with Crippen LogP contribution in [-0.4, -0.2) is 29.2 Å². The molecule has 0 saturated heterocycles. The van der Waals surface area contributed by atoms with E-state index in [0.29, 0.717) is 6.42 Å². The van der Waals surface area contributed by atoms with Crippen molar-refractivity contribution in [1.82, 2.24) is 10.6 Å². The second-order valence-electron chi connectivity index (χ2n) is 3.84. The number of aliphatic carboxylic acids is 1. The quantitative estimate of drug-likeness (QED) is 0.607. The van der Waals surface area contributed by atoms with Crippen molar-refractivity contribution < 1.29 is 14.7 Å². The third-order valence-corrected chi connectivity index (χ3v) is 2.30. The van der Waals surface area contributed by atoms with E-state index in [2.05, 4.69) is 16.6 Å². The van der Waals surface area contributed by atoms with E-state index in [1.54, 1.807) is 13.8 Å². The van der Waals surface area contributed by atoms with E-state index >= 15 is 0 Å². The molecule has 90 valence electrons. The molecule has 5 heteroatoms. The molecule has 0 spiro atoms. The van der Waals surface area contributed by atoms with Gasteiger partial charge >= 0.3 is 12.0 Å². The largest absolute Gasteiger partial charge is 0.481 e. The predicted molar refractivity (Wildman–Crippen MR) is 60.8 cm³/mol. The first kappa shape index (κ1) is 14.3. The van der Waals surface area contributed by atoms with Gasteiger partial charge in [0.05, 0.1) is 5.92 Å². The van der Waals surface area contributed by atoms with Crippen LogP contribution in [0.2, 0.25) is 0 Å². The summed E-state index contributed by atoms with van der Waals surface area (Å²) < 4.78 is 0. The molecule has 0 saturated carbocycles. The first-order chi connectivity index (χ1) is 7.38. The normalized spacial score (nSPS) is 15.4. The maximum atomic E-state index is 11.4. The molecule has 0 rings (SSSR count). The second-order valence-corrected chi connectivity index (χ2v) is 3.84. The minimum absolute atomic E-state index is 0.127. The van der Waals surface area contributed by atoms with Crippen molar-refractivity contribution in [3.05, 3.63) is 0 Å². The SMILES string of the molecule is C#CCC(C)NC(=O)NC(C)C(C)C(=O)O. The van der Waals surface area contributed by atoms with Gasteiger partial charge < -0.3 is 15.7 Å². The van der Waals surface area contributed by atoms with Gasteiger partial charge in [0.15, 0.2) is 0 Å². The monoisotopic (exact) mass is 226 g/mol. The van der Waals surface area contributed by atoms with Crippen LogP contribution in [0.25, 0.3) is 0 Å². The molecular weight excluding hydrogens is 208 g/mol. The molecule has 0 aliphatic rings. The van der Waals surface area contributed by atoms with Gasteiger partial charge in [-0.15, -0.1) is 12.3 Å². The number of carboxylic acids is 1. The molecule has 0 heterocycles. The lowest BCUT2D eigenvalue weighted by atomic mass is 10.0. The third-order valence-electron chi connectivity index (χ3n) is 2.30. The van der Waals surface area contributed by atoms with Gasteiger partial charge in [0.1, 0.15) is 0 Å². The Morgan fingerprint density at radius 2 is 1.88 bits per heavy atom. The summed E-state index contributed by atoms with van der Waals surface area (Å²) in [5.74, 6) is 0.859. The van der Waals surface area contributed by atoms with E-state index in [9.17, 15) is 9.59 Å². The molecule has 0 aliphatic heterocycles. The Morgan fingerprint density at radius 3 is 2.31 bits per heavy atom. The van der Waals surface area contributed by atoms with Crippen molar-refractivity contribution in [2.75, 3.05) is 0 Å². The molecule has 16 heavy (non-hydrogen) atoms. The van der Waals surface area contributed by atoms with E-state index in [4.69, 9.17) is 11.5 Å². The van der Waals surface area contributed by atoms with Crippen LogP contribution < -0.4 is 10.6 Å². The number of amides is 2. The van der Waals surface area contributed by atoms with Crippen LogP contribution >= 0.6 is 0 Å². The van der Waals surface area contributed by atoms with Gasteiger partial charge in [0, 0.05) is 18.5 Å². The number of nitrogens with one attached hydrogen (secondary N) is 2. The average Bonchev–Trinajstić information content (AvgIpc) is 2.16. The van der Waals surface area contributed by atoms with Crippen LogP contribution in [0, 0.1) is 18.3 Å². The van der Waals surface area contributed by atoms with Gasteiger partial charge in [-0.3, -0.25) is 4.79 Å². The zero-order valence-corrected chi connectivity index (χ0v) is 9.78. The summed E-state index contributed by atoms with van der Waals surface area (Å²) in [6, 6.07) is -0.962. The third kappa shape index (κ3) is 5.25. The number of carbonyl (C=O) groups is 2. The maximum Gasteiger partial charge on any atom is 0.315 e. The van der Waals surface area contributed by atoms with E-state index in [-0.39, 0.29) is 6.04 Å². The Balaban J connectivity index is 4.06. The van der Waals surface area contributed by atoms with E-state index in [1.807, 2.05) is 0 Å². The highest BCUT2D eigenvalue weighted by atomic mass is 16.4. The molecular formula is C11H18N2O3. The molecule has 5 nitrogen and oxygen atoms in total. The molecule has 3 atom stereocenters. The van der Waals surface area contributed by atoms with E-state index in [0.717, 1.165) is 0 Å². The van der Waals surface area contributed by atoms with Gasteiger partial charge in [-0.05, 0) is 20.8 Å². The number of hydrogen-bond donors (Lipinski definition) is 3. The van der Waals surface area contributed by atoms with Gasteiger partial charge in [-0.1, -0.05) is 0 Å². The van der Waals surface area contributed by atoms with Gasteiger partial charge in [-0.25, -0.2) is 4.79 Å². The van der Waals surface area contributed by atoms with Gasteiger partial charge in [0.2, 0.25) is 0 Å². The fraction of sp³-hybridized carbons (Fsp3) is 0.636. The standard InChI is InChI=1S/C11H18N2O3/c1-5-6-7(2)12-11(16)13-9(4)8(3)10(14)15/h1,7-9H,6H2,2-4H3,(H,14,15)(H2,12,13,16). The number of rotatable bonds is 5. The van der Waals surface area contributed by atoms with Crippen molar-refractivity contribution in [2.45, 2.75) is 39.3 Å². The lowest BCUT2D eigenvalue weighted by Gasteiger charge is -2.19. The van der Waals surface area contributed by atoms with Crippen molar-refractivity contribution in [3.63, 3.8) is 0 Å². The summed E-state index contributed by atoms with van der Waals surface area (Å²) in [6.45, 7) is 4.97. The first-order valence-electron chi connectivity index (χ1n) is 5.11. The minimum Gasteiger partial charge on any atom is -0.481 e. The highest BCUT2D eigenvalue weighted by Crippen LogP contribution is 2.02. The Kier molecular flexibility index (Phi) is 6.01. The number of hydrogen-bond acceptors (Lipinski definition) is 2. The van der Waals surface area contributed by atoms with Crippen LogP contribution in [0.15, 0.2) is 0 Å². The number of carboxylic acid groups (broad SMARTS) is 1. The maximum absolute atomic E-state index is 11.4. The van der Waals surface area contributed by atoms with Crippen molar-refractivity contribution >= 4 is 12.0 Å². The number of carbonyl (C=O) groups excluding carboxylic acids is 1. The average molecular weight is 226 g/mol. The van der Waals surface area contributed by atoms with Crippen LogP contribution in [0.1, 0.15) is 27.2 Å². The fourth-order valence-electron chi connectivity index (χ4n) is 1.04. The Morgan fingerprint density at radius 1 is 1.31 bits per heavy atom. The van der Waals surface area contributed by atoms with Gasteiger partial charge in [0.25, 0.3) is 0 Å². The van der Waals surface area contributed by atoms with E-state index < -0.39 is 24.0 Å². The van der Waals surface area contributed by atoms with Crippen molar-refractivity contribution in [2.24, 2.45) is 5.92 Å². The molecule has 0 aliphatic carbocycles. The molecule has 0 aromatic heterocycles. The lowest BCUT2D eigenvalue weighted by molar-refractivity contribution is -0.141. The van der Waals surface area contributed by atoms with Crippen LogP contribution in [0.4, 0.5) is 4.79 Å². The first-order valence-corrected chi connectivity index (χ1v) is 5.11. The zero-order valence-electron chi connectivity index (χ0n) is 9.78. The summed E-state index contributed by atoms with van der Waals surface area (Å²) in [4.78, 5) is 22.0. The molecule has 0 fully saturated rings. The Bertz CT molecular complexity index is 296. The fourth-order valence-corrected chi connectivity index (χ4v) is 1.04. The van der Waals surface area contributed by atoms with Crippen LogP contribution in [0.3, 0.4) is 0 Å². The molecule has 3 unspecified atom stereocenters. The number of urea groups is 1. The van der Waals surface area contributed by atoms with Crippen molar-refractivity contribution in [3.8, 4) is 12.3 Å². The molecule has 2 amide bonds. The smallest absolute Gasteiger partial charge is 0.315 e. The minimum atomic E-state index is -0.940. The highest BCUT2D eigenvalue weighted by molar-refractivity contribution is 5.76. The summed E-state index contributed by atoms with van der Waals surface area (Å²) in [5.41, 5.74) is 0. The number of terminal acetylenes is 1. The Labute approximate surface area is 95.6 Å². The van der Waals surface area contributed by atoms with Crippen LogP contribution in [-0.2, 0) is 4.79 Å².